The van der Waals surface area contributed by atoms with Crippen molar-refractivity contribution in [2.75, 3.05) is 13.7 Å². The Morgan fingerprint density at radius 2 is 1.88 bits per heavy atom. The van der Waals surface area contributed by atoms with Gasteiger partial charge in [0.15, 0.2) is 11.5 Å². The van der Waals surface area contributed by atoms with Gasteiger partial charge in [0.2, 0.25) is 0 Å². The van der Waals surface area contributed by atoms with Gasteiger partial charge in [0, 0.05) is 5.56 Å². The number of esters is 2. The van der Waals surface area contributed by atoms with Crippen molar-refractivity contribution >= 4 is 17.6 Å². The van der Waals surface area contributed by atoms with Crippen LogP contribution in [-0.2, 0) is 14.3 Å². The number of benzene rings is 1. The van der Waals surface area contributed by atoms with Crippen molar-refractivity contribution in [3.63, 3.8) is 0 Å². The molecule has 136 valence electrons. The Bertz CT molecular complexity index is 959. The lowest BCUT2D eigenvalue weighted by Gasteiger charge is -2.10. The minimum atomic E-state index is -0.732. The number of ether oxygens (including phenoxy) is 2. The molecule has 0 aliphatic heterocycles. The van der Waals surface area contributed by atoms with E-state index in [0.29, 0.717) is 17.2 Å². The van der Waals surface area contributed by atoms with Crippen molar-refractivity contribution < 1.29 is 19.1 Å². The molecule has 0 saturated heterocycles. The number of methoxy groups -OCH3 is 1. The van der Waals surface area contributed by atoms with Gasteiger partial charge in [-0.15, -0.1) is 5.10 Å². The summed E-state index contributed by atoms with van der Waals surface area (Å²) in [6, 6.07) is 8.70. The first-order valence-corrected chi connectivity index (χ1v) is 8.27. The molecule has 2 aromatic heterocycles. The minimum Gasteiger partial charge on any atom is -0.467 e. The zero-order chi connectivity index (χ0) is 18.8. The molecule has 8 heteroatoms. The van der Waals surface area contributed by atoms with E-state index in [1.54, 1.807) is 25.3 Å². The van der Waals surface area contributed by atoms with Gasteiger partial charge in [0.25, 0.3) is 0 Å². The van der Waals surface area contributed by atoms with Crippen molar-refractivity contribution in [2.24, 2.45) is 0 Å². The maximum absolute atomic E-state index is 12.5. The molecule has 1 atom stereocenters. The molecule has 0 amide bonds. The van der Waals surface area contributed by atoms with E-state index < -0.39 is 18.0 Å². The lowest BCUT2D eigenvalue weighted by Crippen LogP contribution is -2.20. The SMILES string of the molecule is CCOC(=O)c1c(C)nn2c(-c3ccccc3)nn(C(C)C(=O)OC)c12. The number of rotatable bonds is 5. The van der Waals surface area contributed by atoms with Crippen molar-refractivity contribution in [3.05, 3.63) is 41.6 Å². The Morgan fingerprint density at radius 1 is 1.19 bits per heavy atom. The van der Waals surface area contributed by atoms with E-state index in [1.807, 2.05) is 30.3 Å². The summed E-state index contributed by atoms with van der Waals surface area (Å²) in [5.74, 6) is -0.448. The Morgan fingerprint density at radius 3 is 2.50 bits per heavy atom. The lowest BCUT2D eigenvalue weighted by molar-refractivity contribution is -0.144. The number of carbonyl (C=O) groups excluding carboxylic acids is 2. The van der Waals surface area contributed by atoms with Gasteiger partial charge >= 0.3 is 11.9 Å². The van der Waals surface area contributed by atoms with E-state index in [-0.39, 0.29) is 12.2 Å². The standard InChI is InChI=1S/C18H20N4O4/c1-5-26-18(24)14-11(2)19-22-15(13-9-7-6-8-10-13)20-21(16(14)22)12(3)17(23)25-4/h6-10,12H,5H2,1-4H3. The summed E-state index contributed by atoms with van der Waals surface area (Å²) in [7, 11) is 1.31. The van der Waals surface area contributed by atoms with Crippen LogP contribution in [0.5, 0.6) is 0 Å². The number of fused-ring (bicyclic) bond motifs is 1. The monoisotopic (exact) mass is 356 g/mol. The number of hydrogen-bond acceptors (Lipinski definition) is 6. The molecule has 3 aromatic rings. The largest absolute Gasteiger partial charge is 0.467 e. The molecule has 0 radical (unpaired) electrons. The second kappa shape index (κ2) is 6.99. The van der Waals surface area contributed by atoms with Crippen LogP contribution in [0.15, 0.2) is 30.3 Å². The zero-order valence-corrected chi connectivity index (χ0v) is 15.1. The molecule has 0 aliphatic carbocycles. The number of carbonyl (C=O) groups is 2. The Labute approximate surface area is 150 Å². The number of hydrogen-bond donors (Lipinski definition) is 0. The van der Waals surface area contributed by atoms with Gasteiger partial charge in [-0.2, -0.15) is 9.61 Å². The molecular formula is C18H20N4O4. The minimum absolute atomic E-state index is 0.238. The molecule has 2 heterocycles. The molecule has 0 bridgehead atoms. The summed E-state index contributed by atoms with van der Waals surface area (Å²) >= 11 is 0. The Balaban J connectivity index is 2.30. The van der Waals surface area contributed by atoms with Crippen molar-refractivity contribution in [1.82, 2.24) is 19.4 Å². The molecular weight excluding hydrogens is 336 g/mol. The van der Waals surface area contributed by atoms with Crippen LogP contribution in [0.3, 0.4) is 0 Å². The normalized spacial score (nSPS) is 12.2. The van der Waals surface area contributed by atoms with Crippen LogP contribution in [0.1, 0.15) is 35.9 Å². The van der Waals surface area contributed by atoms with Gasteiger partial charge in [0.05, 0.1) is 19.4 Å². The van der Waals surface area contributed by atoms with Gasteiger partial charge in [-0.1, -0.05) is 30.3 Å². The van der Waals surface area contributed by atoms with Gasteiger partial charge in [0.1, 0.15) is 11.6 Å². The first kappa shape index (κ1) is 17.7. The molecule has 3 rings (SSSR count). The first-order chi connectivity index (χ1) is 12.5. The molecule has 8 nitrogen and oxygen atoms in total. The fourth-order valence-electron chi connectivity index (χ4n) is 2.82. The summed E-state index contributed by atoms with van der Waals surface area (Å²) in [6.45, 7) is 5.35. The highest BCUT2D eigenvalue weighted by atomic mass is 16.5. The zero-order valence-electron chi connectivity index (χ0n) is 15.1. The smallest absolute Gasteiger partial charge is 0.343 e. The van der Waals surface area contributed by atoms with E-state index in [1.165, 1.54) is 11.8 Å². The molecule has 0 spiro atoms. The summed E-state index contributed by atoms with van der Waals surface area (Å²) in [6.07, 6.45) is 0. The molecule has 0 saturated carbocycles. The maximum Gasteiger partial charge on any atom is 0.343 e. The van der Waals surface area contributed by atoms with Crippen LogP contribution in [0.25, 0.3) is 17.0 Å². The molecule has 26 heavy (non-hydrogen) atoms. The van der Waals surface area contributed by atoms with Crippen LogP contribution in [0.2, 0.25) is 0 Å². The van der Waals surface area contributed by atoms with E-state index in [0.717, 1.165) is 5.56 Å². The predicted octanol–water partition coefficient (Wildman–Crippen LogP) is 2.42. The Kier molecular flexibility index (Phi) is 4.75. The summed E-state index contributed by atoms with van der Waals surface area (Å²) < 4.78 is 13.0. The number of aromatic nitrogens is 4. The summed E-state index contributed by atoms with van der Waals surface area (Å²) in [5, 5.41) is 9.00. The summed E-state index contributed by atoms with van der Waals surface area (Å²) in [4.78, 5) is 24.6. The highest BCUT2D eigenvalue weighted by Gasteiger charge is 2.29. The average molecular weight is 356 g/mol. The average Bonchev–Trinajstić information content (AvgIpc) is 3.17. The third-order valence-electron chi connectivity index (χ3n) is 4.08. The maximum atomic E-state index is 12.5. The van der Waals surface area contributed by atoms with Gasteiger partial charge in [-0.25, -0.2) is 14.3 Å². The van der Waals surface area contributed by atoms with Crippen LogP contribution >= 0.6 is 0 Å². The first-order valence-electron chi connectivity index (χ1n) is 8.27. The second-order valence-electron chi connectivity index (χ2n) is 5.75. The molecule has 1 aromatic carbocycles. The van der Waals surface area contributed by atoms with Crippen molar-refractivity contribution in [1.29, 1.82) is 0 Å². The fourth-order valence-corrected chi connectivity index (χ4v) is 2.82. The van der Waals surface area contributed by atoms with E-state index >= 15 is 0 Å². The van der Waals surface area contributed by atoms with Crippen LogP contribution < -0.4 is 0 Å². The van der Waals surface area contributed by atoms with Crippen LogP contribution in [-0.4, -0.2) is 45.0 Å². The lowest BCUT2D eigenvalue weighted by atomic mass is 10.2. The quantitative estimate of drug-likeness (QED) is 0.653. The number of aryl methyl sites for hydroxylation is 1. The van der Waals surface area contributed by atoms with Crippen molar-refractivity contribution in [2.45, 2.75) is 26.8 Å². The summed E-state index contributed by atoms with van der Waals surface area (Å²) in [5.41, 5.74) is 2.00. The van der Waals surface area contributed by atoms with E-state index in [2.05, 4.69) is 10.2 Å². The van der Waals surface area contributed by atoms with Gasteiger partial charge in [-0.3, -0.25) is 0 Å². The third kappa shape index (κ3) is 2.83. The molecule has 1 unspecified atom stereocenters. The van der Waals surface area contributed by atoms with Crippen molar-refractivity contribution in [3.8, 4) is 11.4 Å². The third-order valence-corrected chi connectivity index (χ3v) is 4.08. The van der Waals surface area contributed by atoms with Crippen LogP contribution in [0, 0.1) is 6.92 Å². The van der Waals surface area contributed by atoms with Gasteiger partial charge < -0.3 is 9.47 Å². The van der Waals surface area contributed by atoms with E-state index in [9.17, 15) is 9.59 Å². The topological polar surface area (TPSA) is 87.7 Å². The molecule has 0 aliphatic rings. The second-order valence-corrected chi connectivity index (χ2v) is 5.75. The molecule has 0 N–H and O–H groups in total. The predicted molar refractivity (Wildman–Crippen MR) is 93.8 cm³/mol. The Hall–Kier alpha value is -3.16. The highest BCUT2D eigenvalue weighted by Crippen LogP contribution is 2.27. The molecule has 0 fully saturated rings. The van der Waals surface area contributed by atoms with Gasteiger partial charge in [-0.05, 0) is 20.8 Å². The number of nitrogens with zero attached hydrogens (tertiary/aromatic N) is 4. The van der Waals surface area contributed by atoms with Crippen LogP contribution in [0.4, 0.5) is 0 Å². The fraction of sp³-hybridized carbons (Fsp3) is 0.333. The highest BCUT2D eigenvalue weighted by molar-refractivity contribution is 5.98. The van der Waals surface area contributed by atoms with E-state index in [4.69, 9.17) is 9.47 Å².